The van der Waals surface area contributed by atoms with Crippen LogP contribution in [0, 0.1) is 6.92 Å². The van der Waals surface area contributed by atoms with Gasteiger partial charge in [0.1, 0.15) is 7.05 Å². The van der Waals surface area contributed by atoms with Gasteiger partial charge >= 0.3 is 6.18 Å². The van der Waals surface area contributed by atoms with Crippen LogP contribution in [0.1, 0.15) is 51.3 Å². The average molecular weight is 350 g/mol. The topological polar surface area (TPSA) is 3.88 Å². The molecule has 25 heavy (non-hydrogen) atoms. The summed E-state index contributed by atoms with van der Waals surface area (Å²) in [5.74, 6) is 0. The Morgan fingerprint density at radius 1 is 0.840 bits per heavy atom. The Labute approximate surface area is 148 Å². The minimum Gasteiger partial charge on any atom is -0.201 e. The van der Waals surface area contributed by atoms with Crippen LogP contribution in [0.3, 0.4) is 0 Å². The molecule has 0 saturated heterocycles. The summed E-state index contributed by atoms with van der Waals surface area (Å²) in [6.07, 6.45) is -2.70. The predicted octanol–water partition coefficient (Wildman–Crippen LogP) is 5.62. The molecule has 0 spiro atoms. The third-order valence-electron chi connectivity index (χ3n) is 4.93. The Bertz CT molecular complexity index is 781. The van der Waals surface area contributed by atoms with Gasteiger partial charge in [-0.1, -0.05) is 32.9 Å². The van der Waals surface area contributed by atoms with Crippen LogP contribution < -0.4 is 4.57 Å². The number of pyridine rings is 1. The molecule has 1 aromatic heterocycles. The van der Waals surface area contributed by atoms with E-state index < -0.39 is 11.6 Å². The first kappa shape index (κ1) is 19.5. The SMILES string of the molecule is Cc1cc(C(C)(C)C)ccc1-c1ccc(C(C)(C)C(F)(F)F)c[n+]1C. The molecule has 0 saturated carbocycles. The number of halogens is 3. The van der Waals surface area contributed by atoms with Gasteiger partial charge in [0.2, 0.25) is 5.69 Å². The molecule has 0 aliphatic carbocycles. The highest BCUT2D eigenvalue weighted by atomic mass is 19.4. The van der Waals surface area contributed by atoms with Crippen molar-refractivity contribution in [3.63, 3.8) is 0 Å². The molecule has 0 radical (unpaired) electrons. The van der Waals surface area contributed by atoms with Crippen molar-refractivity contribution in [3.05, 3.63) is 53.2 Å². The van der Waals surface area contributed by atoms with Crippen molar-refractivity contribution in [2.75, 3.05) is 0 Å². The largest absolute Gasteiger partial charge is 0.398 e. The molecule has 4 heteroatoms. The van der Waals surface area contributed by atoms with E-state index in [1.807, 2.05) is 6.92 Å². The van der Waals surface area contributed by atoms with E-state index in [2.05, 4.69) is 39.0 Å². The zero-order valence-corrected chi connectivity index (χ0v) is 16.0. The van der Waals surface area contributed by atoms with Gasteiger partial charge in [0.15, 0.2) is 6.20 Å². The first-order valence-electron chi connectivity index (χ1n) is 8.43. The Kier molecular flexibility index (Phi) is 4.79. The van der Waals surface area contributed by atoms with E-state index in [-0.39, 0.29) is 11.0 Å². The lowest BCUT2D eigenvalue weighted by atomic mass is 9.84. The molecule has 2 rings (SSSR count). The fourth-order valence-corrected chi connectivity index (χ4v) is 2.84. The van der Waals surface area contributed by atoms with Crippen molar-refractivity contribution in [1.29, 1.82) is 0 Å². The van der Waals surface area contributed by atoms with Crippen LogP contribution >= 0.6 is 0 Å². The van der Waals surface area contributed by atoms with Gasteiger partial charge in [0, 0.05) is 17.2 Å². The molecule has 0 unspecified atom stereocenters. The van der Waals surface area contributed by atoms with E-state index in [0.29, 0.717) is 0 Å². The predicted molar refractivity (Wildman–Crippen MR) is 95.6 cm³/mol. The molecule has 0 atom stereocenters. The van der Waals surface area contributed by atoms with Gasteiger partial charge in [0.05, 0.1) is 5.41 Å². The molecule has 0 fully saturated rings. The lowest BCUT2D eigenvalue weighted by molar-refractivity contribution is -0.661. The third kappa shape index (κ3) is 3.73. The number of hydrogen-bond donors (Lipinski definition) is 0. The summed E-state index contributed by atoms with van der Waals surface area (Å²) in [4.78, 5) is 0. The smallest absolute Gasteiger partial charge is 0.201 e. The van der Waals surface area contributed by atoms with Gasteiger partial charge in [-0.25, -0.2) is 4.57 Å². The minimum atomic E-state index is -4.29. The zero-order chi connectivity index (χ0) is 19.2. The molecule has 1 aromatic carbocycles. The number of hydrogen-bond acceptors (Lipinski definition) is 0. The summed E-state index contributed by atoms with van der Waals surface area (Å²) < 4.78 is 41.6. The monoisotopic (exact) mass is 350 g/mol. The number of nitrogens with zero attached hydrogens (tertiary/aromatic N) is 1. The highest BCUT2D eigenvalue weighted by Crippen LogP contribution is 2.40. The lowest BCUT2D eigenvalue weighted by Crippen LogP contribution is -2.40. The molecular weight excluding hydrogens is 323 g/mol. The Balaban J connectivity index is 2.50. The second kappa shape index (κ2) is 6.15. The van der Waals surface area contributed by atoms with Crippen LogP contribution in [0.15, 0.2) is 36.5 Å². The van der Waals surface area contributed by atoms with Crippen molar-refractivity contribution < 1.29 is 17.7 Å². The summed E-state index contributed by atoms with van der Waals surface area (Å²) in [5.41, 5.74) is 2.74. The van der Waals surface area contributed by atoms with Crippen LogP contribution in [-0.2, 0) is 17.9 Å². The zero-order valence-electron chi connectivity index (χ0n) is 16.0. The third-order valence-corrected chi connectivity index (χ3v) is 4.93. The van der Waals surface area contributed by atoms with Crippen LogP contribution in [0.4, 0.5) is 13.2 Å². The summed E-state index contributed by atoms with van der Waals surface area (Å²) in [6.45, 7) is 11.0. The normalized spacial score (nSPS) is 13.2. The molecule has 0 N–H and O–H groups in total. The number of aromatic nitrogens is 1. The molecule has 1 heterocycles. The van der Waals surface area contributed by atoms with E-state index >= 15 is 0 Å². The fourth-order valence-electron chi connectivity index (χ4n) is 2.84. The number of alkyl halides is 3. The van der Waals surface area contributed by atoms with Crippen molar-refractivity contribution in [2.45, 2.75) is 58.5 Å². The van der Waals surface area contributed by atoms with Gasteiger partial charge in [-0.2, -0.15) is 13.2 Å². The summed E-state index contributed by atoms with van der Waals surface area (Å²) in [5, 5.41) is 0. The second-order valence-corrected chi connectivity index (χ2v) is 8.32. The van der Waals surface area contributed by atoms with E-state index in [0.717, 1.165) is 16.8 Å². The van der Waals surface area contributed by atoms with E-state index in [4.69, 9.17) is 0 Å². The van der Waals surface area contributed by atoms with Gasteiger partial charge in [-0.15, -0.1) is 0 Å². The van der Waals surface area contributed by atoms with Crippen molar-refractivity contribution in [2.24, 2.45) is 7.05 Å². The minimum absolute atomic E-state index is 0.0616. The van der Waals surface area contributed by atoms with Gasteiger partial charge < -0.3 is 0 Å². The van der Waals surface area contributed by atoms with Crippen molar-refractivity contribution >= 4 is 0 Å². The van der Waals surface area contributed by atoms with Crippen LogP contribution in [0.25, 0.3) is 11.3 Å². The van der Waals surface area contributed by atoms with Crippen LogP contribution in [0.5, 0.6) is 0 Å². The maximum absolute atomic E-state index is 13.3. The molecule has 0 aliphatic rings. The van der Waals surface area contributed by atoms with Crippen LogP contribution in [0.2, 0.25) is 0 Å². The van der Waals surface area contributed by atoms with E-state index in [1.165, 1.54) is 19.4 Å². The molecule has 136 valence electrons. The molecule has 0 amide bonds. The van der Waals surface area contributed by atoms with Crippen LogP contribution in [-0.4, -0.2) is 6.18 Å². The Hall–Kier alpha value is -1.84. The standard InChI is InChI=1S/C21H27F3N/c1-14-12-15(19(2,3)4)8-10-17(14)18-11-9-16(13-25(18)7)20(5,6)21(22,23)24/h8-13H,1-7H3/q+1. The number of benzene rings is 1. The quantitative estimate of drug-likeness (QED) is 0.619. The highest BCUT2D eigenvalue weighted by Gasteiger charge is 2.49. The number of aryl methyl sites for hydroxylation is 2. The molecular formula is C21H27F3N+. The first-order chi connectivity index (χ1) is 11.2. The maximum atomic E-state index is 13.3. The van der Waals surface area contributed by atoms with Gasteiger partial charge in [-0.05, 0) is 49.4 Å². The first-order valence-corrected chi connectivity index (χ1v) is 8.43. The number of rotatable bonds is 2. The fraction of sp³-hybridized carbons (Fsp3) is 0.476. The average Bonchev–Trinajstić information content (AvgIpc) is 2.45. The molecule has 0 aliphatic heterocycles. The Morgan fingerprint density at radius 2 is 1.40 bits per heavy atom. The van der Waals surface area contributed by atoms with E-state index in [9.17, 15) is 13.2 Å². The molecule has 2 aromatic rings. The summed E-state index contributed by atoms with van der Waals surface area (Å²) in [7, 11) is 1.79. The Morgan fingerprint density at radius 3 is 1.84 bits per heavy atom. The highest BCUT2D eigenvalue weighted by molar-refractivity contribution is 5.62. The lowest BCUT2D eigenvalue weighted by Gasteiger charge is -2.27. The van der Waals surface area contributed by atoms with Gasteiger partial charge in [0.25, 0.3) is 0 Å². The maximum Gasteiger partial charge on any atom is 0.398 e. The molecule has 1 nitrogen and oxygen atoms in total. The summed E-state index contributed by atoms with van der Waals surface area (Å²) in [6, 6.07) is 9.67. The van der Waals surface area contributed by atoms with Crippen molar-refractivity contribution in [3.8, 4) is 11.3 Å². The summed E-state index contributed by atoms with van der Waals surface area (Å²) >= 11 is 0. The van der Waals surface area contributed by atoms with Crippen molar-refractivity contribution in [1.82, 2.24) is 0 Å². The second-order valence-electron chi connectivity index (χ2n) is 8.32. The molecule has 0 bridgehead atoms. The van der Waals surface area contributed by atoms with E-state index in [1.54, 1.807) is 29.9 Å². The van der Waals surface area contributed by atoms with Gasteiger partial charge in [-0.3, -0.25) is 0 Å².